The second-order valence-corrected chi connectivity index (χ2v) is 12.3. The first kappa shape index (κ1) is 40.4. The molecule has 18 heteroatoms. The molecule has 3 aromatic carbocycles. The van der Waals surface area contributed by atoms with E-state index in [1.165, 1.54) is 54.6 Å². The highest BCUT2D eigenvalue weighted by molar-refractivity contribution is 5.89. The highest BCUT2D eigenvalue weighted by Gasteiger charge is 2.47. The van der Waals surface area contributed by atoms with Gasteiger partial charge in [0.15, 0.2) is 0 Å². The number of carbonyl (C=O) groups excluding carboxylic acids is 1. The first-order chi connectivity index (χ1) is 25.3. The van der Waals surface area contributed by atoms with Crippen molar-refractivity contribution < 1.29 is 96.4 Å². The molecule has 54 heavy (non-hydrogen) atoms. The van der Waals surface area contributed by atoms with Crippen molar-refractivity contribution in [2.45, 2.75) is 61.4 Å². The number of ether oxygens (including phenoxy) is 5. The molecule has 2 aliphatic rings. The topological polar surface area (TPSA) is 277 Å². The van der Waals surface area contributed by atoms with Gasteiger partial charge in [-0.2, -0.15) is 0 Å². The number of aliphatic hydroxyl groups excluding tert-OH is 7. The lowest BCUT2D eigenvalue weighted by Crippen LogP contribution is -3.00. The fourth-order valence-electron chi connectivity index (χ4n) is 5.70. The standard InChI is InChI=1S/C36H36O17.ClH/c37-14-25-28(42)30(44)32(46)35(52-25)50-23-12-20(40)11-22-21(23)13-24(34(49-22)17-4-8-19(39)9-5-17)51-36-33(47)31(45)29(43)26(53-36)15-48-27(41)10-3-16-1-6-18(38)7-2-16;/h1-13,25-26,28-33,35-37,42-47H,14-15H2,(H2-,38,39,40,41);1H/t25-,26-,28-,29-,30+,31+,32-,33-,35-,36-;/m1./s1. The van der Waals surface area contributed by atoms with Gasteiger partial charge < -0.3 is 87.2 Å². The average molecular weight is 777 g/mol. The van der Waals surface area contributed by atoms with Crippen LogP contribution in [0.5, 0.6) is 28.7 Å². The maximum Gasteiger partial charge on any atom is 0.402 e. The number of fused-ring (bicyclic) bond motifs is 1. The van der Waals surface area contributed by atoms with E-state index in [2.05, 4.69) is 0 Å². The Morgan fingerprint density at radius 3 is 1.85 bits per heavy atom. The monoisotopic (exact) mass is 776 g/mol. The maximum atomic E-state index is 12.4. The summed E-state index contributed by atoms with van der Waals surface area (Å²) in [6.45, 7) is -1.30. The Kier molecular flexibility index (Phi) is 12.8. The van der Waals surface area contributed by atoms with Crippen molar-refractivity contribution >= 4 is 23.0 Å². The van der Waals surface area contributed by atoms with Crippen LogP contribution in [-0.2, 0) is 19.0 Å². The van der Waals surface area contributed by atoms with Gasteiger partial charge in [0.25, 0.3) is 0 Å². The molecule has 290 valence electrons. The van der Waals surface area contributed by atoms with Gasteiger partial charge in [-0.25, -0.2) is 9.21 Å². The zero-order valence-electron chi connectivity index (χ0n) is 27.9. The number of carbonyl (C=O) groups is 1. The lowest BCUT2D eigenvalue weighted by molar-refractivity contribution is -0.278. The first-order valence-electron chi connectivity index (χ1n) is 16.2. The molecule has 2 aliphatic heterocycles. The van der Waals surface area contributed by atoms with Crippen LogP contribution in [0.25, 0.3) is 28.4 Å². The van der Waals surface area contributed by atoms with Crippen molar-refractivity contribution in [3.05, 3.63) is 78.4 Å². The van der Waals surface area contributed by atoms with Crippen LogP contribution in [0, 0.1) is 0 Å². The van der Waals surface area contributed by atoms with Crippen LogP contribution in [0.1, 0.15) is 5.56 Å². The molecule has 2 saturated heterocycles. The first-order valence-corrected chi connectivity index (χ1v) is 16.2. The highest BCUT2D eigenvalue weighted by atomic mass is 35.5. The Hall–Kier alpha value is -4.79. The third-order valence-electron chi connectivity index (χ3n) is 8.63. The maximum absolute atomic E-state index is 12.4. The van der Waals surface area contributed by atoms with E-state index in [4.69, 9.17) is 28.1 Å². The number of esters is 1. The van der Waals surface area contributed by atoms with Gasteiger partial charge in [-0.1, -0.05) is 12.1 Å². The predicted octanol–water partition coefficient (Wildman–Crippen LogP) is -2.88. The van der Waals surface area contributed by atoms with Crippen LogP contribution >= 0.6 is 0 Å². The molecule has 2 fully saturated rings. The minimum absolute atomic E-state index is 0. The Morgan fingerprint density at radius 1 is 0.685 bits per heavy atom. The summed E-state index contributed by atoms with van der Waals surface area (Å²) >= 11 is 0. The molecule has 4 aromatic rings. The van der Waals surface area contributed by atoms with Gasteiger partial charge in [0.05, 0.1) is 18.2 Å². The van der Waals surface area contributed by atoms with Crippen molar-refractivity contribution in [1.29, 1.82) is 0 Å². The number of benzene rings is 3. The summed E-state index contributed by atoms with van der Waals surface area (Å²) in [5, 5.41) is 103. The third-order valence-corrected chi connectivity index (χ3v) is 8.63. The molecule has 17 nitrogen and oxygen atoms in total. The summed E-state index contributed by atoms with van der Waals surface area (Å²) in [5.74, 6) is -1.65. The second kappa shape index (κ2) is 17.1. The minimum Gasteiger partial charge on any atom is -1.00 e. The number of phenols is 3. The van der Waals surface area contributed by atoms with Crippen molar-refractivity contribution in [2.75, 3.05) is 13.2 Å². The highest BCUT2D eigenvalue weighted by Crippen LogP contribution is 2.42. The summed E-state index contributed by atoms with van der Waals surface area (Å²) in [4.78, 5) is 12.4. The largest absolute Gasteiger partial charge is 1.00 e. The average Bonchev–Trinajstić information content (AvgIpc) is 3.14. The number of halogens is 1. The van der Waals surface area contributed by atoms with Crippen LogP contribution < -0.4 is 21.9 Å². The van der Waals surface area contributed by atoms with Crippen LogP contribution in [0.4, 0.5) is 0 Å². The van der Waals surface area contributed by atoms with Crippen molar-refractivity contribution in [2.24, 2.45) is 0 Å². The van der Waals surface area contributed by atoms with Gasteiger partial charge in [0.2, 0.25) is 18.3 Å². The van der Waals surface area contributed by atoms with E-state index in [1.54, 1.807) is 12.1 Å². The van der Waals surface area contributed by atoms with Gasteiger partial charge in [0, 0.05) is 18.2 Å². The normalized spacial score (nSPS) is 28.4. The summed E-state index contributed by atoms with van der Waals surface area (Å²) in [6, 6.07) is 15.3. The molecule has 10 atom stereocenters. The van der Waals surface area contributed by atoms with E-state index >= 15 is 0 Å². The molecule has 0 spiro atoms. The van der Waals surface area contributed by atoms with Gasteiger partial charge in [-0.05, 0) is 48.0 Å². The molecule has 0 saturated carbocycles. The fraction of sp³-hybridized carbons (Fsp3) is 0.333. The van der Waals surface area contributed by atoms with Crippen molar-refractivity contribution in [1.82, 2.24) is 0 Å². The van der Waals surface area contributed by atoms with E-state index in [0.29, 0.717) is 11.1 Å². The number of phenolic OH excluding ortho intramolecular Hbond substituents is 3. The molecular weight excluding hydrogens is 740 g/mol. The van der Waals surface area contributed by atoms with E-state index in [9.17, 15) is 55.9 Å². The summed E-state index contributed by atoms with van der Waals surface area (Å²) in [6.07, 6.45) is -14.2. The predicted molar refractivity (Wildman–Crippen MR) is 179 cm³/mol. The van der Waals surface area contributed by atoms with Crippen molar-refractivity contribution in [3.63, 3.8) is 0 Å². The van der Waals surface area contributed by atoms with Crippen LogP contribution in [0.15, 0.2) is 77.2 Å². The number of hydrogen-bond acceptors (Lipinski definition) is 16. The molecule has 6 rings (SSSR count). The Bertz CT molecular complexity index is 1920. The van der Waals surface area contributed by atoms with E-state index in [-0.39, 0.29) is 57.9 Å². The van der Waals surface area contributed by atoms with Gasteiger partial charge in [0.1, 0.15) is 83.8 Å². The second-order valence-electron chi connectivity index (χ2n) is 12.3. The fourth-order valence-corrected chi connectivity index (χ4v) is 5.70. The number of aliphatic hydroxyl groups is 7. The van der Waals surface area contributed by atoms with Crippen LogP contribution in [0.3, 0.4) is 0 Å². The van der Waals surface area contributed by atoms with Crippen LogP contribution in [-0.4, -0.2) is 132 Å². The van der Waals surface area contributed by atoms with Gasteiger partial charge >= 0.3 is 17.3 Å². The molecule has 0 radical (unpaired) electrons. The van der Waals surface area contributed by atoms with Crippen LogP contribution in [0.2, 0.25) is 0 Å². The summed E-state index contributed by atoms with van der Waals surface area (Å²) in [7, 11) is 0. The molecule has 3 heterocycles. The van der Waals surface area contributed by atoms with E-state index in [0.717, 1.165) is 12.1 Å². The number of aromatic hydroxyl groups is 3. The molecule has 0 amide bonds. The third kappa shape index (κ3) is 8.77. The Balaban J connectivity index is 0.00000561. The smallest absolute Gasteiger partial charge is 0.402 e. The summed E-state index contributed by atoms with van der Waals surface area (Å²) < 4.78 is 34.4. The molecular formula is C36H37ClO17. The molecule has 0 aliphatic carbocycles. The van der Waals surface area contributed by atoms with E-state index in [1.807, 2.05) is 0 Å². The number of rotatable bonds is 10. The Morgan fingerprint density at radius 2 is 1.24 bits per heavy atom. The van der Waals surface area contributed by atoms with Crippen molar-refractivity contribution in [3.8, 4) is 40.1 Å². The quantitative estimate of drug-likeness (QED) is 0.0440. The van der Waals surface area contributed by atoms with Gasteiger partial charge in [-0.15, -0.1) is 0 Å². The zero-order chi connectivity index (χ0) is 38.0. The zero-order valence-corrected chi connectivity index (χ0v) is 28.7. The summed E-state index contributed by atoms with van der Waals surface area (Å²) in [5.41, 5.74) is 0.879. The number of hydrogen-bond donors (Lipinski definition) is 10. The molecule has 0 unspecified atom stereocenters. The molecule has 10 N–H and O–H groups in total. The van der Waals surface area contributed by atoms with Gasteiger partial charge in [-0.3, -0.25) is 0 Å². The lowest BCUT2D eigenvalue weighted by atomic mass is 9.99. The lowest BCUT2D eigenvalue weighted by Gasteiger charge is -2.39. The van der Waals surface area contributed by atoms with E-state index < -0.39 is 80.6 Å². The molecule has 0 bridgehead atoms. The Labute approximate surface area is 312 Å². The minimum atomic E-state index is -1.86. The SMILES string of the molecule is O=C(/C=C/c1ccc(O)cc1)OC[C@H]1O[C@@H](Oc2cc3c(O[C@@H]4O[C@H](CO)[C@@H](O)[C@H](O)[C@H]4O)cc(O)cc3[o+]c2-c2ccc(O)cc2)[C@H](O)[C@@H](O)[C@@H]1O.[Cl-]. The molecule has 1 aromatic heterocycles.